The number of amides is 2. The van der Waals surface area contributed by atoms with E-state index in [0.29, 0.717) is 37.4 Å². The van der Waals surface area contributed by atoms with Crippen LogP contribution in [-0.2, 0) is 4.79 Å². The molecule has 0 unspecified atom stereocenters. The van der Waals surface area contributed by atoms with Crippen LogP contribution >= 0.6 is 0 Å². The van der Waals surface area contributed by atoms with Crippen molar-refractivity contribution in [2.75, 3.05) is 13.1 Å². The molecule has 0 spiro atoms. The minimum Gasteiger partial charge on any atom is -0.409 e. The quantitative estimate of drug-likeness (QED) is 0.348. The van der Waals surface area contributed by atoms with Gasteiger partial charge >= 0.3 is 0 Å². The summed E-state index contributed by atoms with van der Waals surface area (Å²) < 4.78 is 13.4. The van der Waals surface area contributed by atoms with Gasteiger partial charge in [0.2, 0.25) is 5.91 Å². The number of halogens is 1. The number of piperidine rings is 1. The van der Waals surface area contributed by atoms with Crippen molar-refractivity contribution in [3.63, 3.8) is 0 Å². The molecule has 0 aromatic heterocycles. The number of hydrogen-bond donors (Lipinski definition) is 2. The zero-order valence-corrected chi connectivity index (χ0v) is 17.1. The molecule has 2 N–H and O–H groups in total. The monoisotopic (exact) mass is 411 g/mol. The van der Waals surface area contributed by atoms with Gasteiger partial charge < -0.3 is 15.4 Å². The lowest BCUT2D eigenvalue weighted by Gasteiger charge is -2.31. The summed E-state index contributed by atoms with van der Waals surface area (Å²) in [5.41, 5.74) is 2.10. The molecular formula is C23H26FN3O3. The highest BCUT2D eigenvalue weighted by Gasteiger charge is 2.28. The van der Waals surface area contributed by atoms with Gasteiger partial charge in [0, 0.05) is 30.1 Å². The molecule has 30 heavy (non-hydrogen) atoms. The maximum Gasteiger partial charge on any atom is 0.253 e. The number of carbonyl (C=O) groups excluding carboxylic acids is 2. The van der Waals surface area contributed by atoms with Crippen LogP contribution in [0.4, 0.5) is 4.39 Å². The summed E-state index contributed by atoms with van der Waals surface area (Å²) in [7, 11) is 0. The van der Waals surface area contributed by atoms with Gasteiger partial charge in [0.1, 0.15) is 5.82 Å². The zero-order chi connectivity index (χ0) is 21.7. The van der Waals surface area contributed by atoms with E-state index >= 15 is 0 Å². The normalized spacial score (nSPS) is 15.3. The van der Waals surface area contributed by atoms with Crippen molar-refractivity contribution in [1.82, 2.24) is 10.2 Å². The number of likely N-dealkylation sites (tertiary alicyclic amines) is 1. The van der Waals surface area contributed by atoms with Crippen molar-refractivity contribution in [3.05, 3.63) is 71.0 Å². The van der Waals surface area contributed by atoms with E-state index in [4.69, 9.17) is 0 Å². The van der Waals surface area contributed by atoms with Crippen LogP contribution in [0.5, 0.6) is 0 Å². The Bertz CT molecular complexity index is 933. The van der Waals surface area contributed by atoms with Crippen molar-refractivity contribution in [2.24, 2.45) is 11.1 Å². The van der Waals surface area contributed by atoms with E-state index in [1.165, 1.54) is 23.8 Å². The maximum atomic E-state index is 13.4. The van der Waals surface area contributed by atoms with Crippen molar-refractivity contribution in [2.45, 2.75) is 32.6 Å². The molecule has 7 heteroatoms. The molecule has 0 radical (unpaired) electrons. The summed E-state index contributed by atoms with van der Waals surface area (Å²) in [5.74, 6) is -0.841. The molecular weight excluding hydrogens is 385 g/mol. The lowest BCUT2D eigenvalue weighted by molar-refractivity contribution is -0.124. The van der Waals surface area contributed by atoms with E-state index in [9.17, 15) is 19.2 Å². The van der Waals surface area contributed by atoms with E-state index < -0.39 is 5.82 Å². The Balaban J connectivity index is 1.56. The average molecular weight is 411 g/mol. The van der Waals surface area contributed by atoms with Crippen LogP contribution in [0.2, 0.25) is 0 Å². The highest BCUT2D eigenvalue weighted by Crippen LogP contribution is 2.21. The second-order valence-corrected chi connectivity index (χ2v) is 7.79. The summed E-state index contributed by atoms with van der Waals surface area (Å²) in [4.78, 5) is 27.1. The zero-order valence-electron chi connectivity index (χ0n) is 17.1. The Morgan fingerprint density at radius 1 is 1.10 bits per heavy atom. The van der Waals surface area contributed by atoms with Crippen LogP contribution in [-0.4, -0.2) is 40.8 Å². The number of nitrogens with zero attached hydrogens (tertiary/aromatic N) is 2. The molecule has 6 nitrogen and oxygen atoms in total. The number of benzene rings is 2. The molecule has 1 aliphatic heterocycles. The lowest BCUT2D eigenvalue weighted by atomic mass is 9.95. The Kier molecular flexibility index (Phi) is 6.82. The molecule has 1 saturated heterocycles. The van der Waals surface area contributed by atoms with Gasteiger partial charge in [0.25, 0.3) is 5.91 Å². The second kappa shape index (κ2) is 9.52. The summed E-state index contributed by atoms with van der Waals surface area (Å²) in [6, 6.07) is 13.1. The average Bonchev–Trinajstić information content (AvgIpc) is 2.77. The first-order valence-corrected chi connectivity index (χ1v) is 10.1. The largest absolute Gasteiger partial charge is 0.409 e. The molecule has 1 aliphatic rings. The van der Waals surface area contributed by atoms with Crippen LogP contribution < -0.4 is 5.32 Å². The summed E-state index contributed by atoms with van der Waals surface area (Å²) in [5, 5.41) is 14.9. The number of rotatable bonds is 4. The van der Waals surface area contributed by atoms with Gasteiger partial charge in [-0.25, -0.2) is 4.39 Å². The molecule has 2 amide bonds. The molecule has 0 aliphatic carbocycles. The van der Waals surface area contributed by atoms with Crippen LogP contribution in [0, 0.1) is 11.7 Å². The van der Waals surface area contributed by atoms with E-state index in [-0.39, 0.29) is 29.1 Å². The number of nitrogens with one attached hydrogen (secondary N) is 1. The Labute approximate surface area is 175 Å². The maximum absolute atomic E-state index is 13.4. The first-order valence-electron chi connectivity index (χ1n) is 10.1. The van der Waals surface area contributed by atoms with Gasteiger partial charge in [-0.15, -0.1) is 0 Å². The molecule has 1 fully saturated rings. The number of amidine groups is 1. The van der Waals surface area contributed by atoms with Gasteiger partial charge in [0.15, 0.2) is 5.84 Å². The molecule has 158 valence electrons. The summed E-state index contributed by atoms with van der Waals surface area (Å²) in [6.07, 6.45) is 1.01. The van der Waals surface area contributed by atoms with Gasteiger partial charge in [-0.3, -0.25) is 9.59 Å². The summed E-state index contributed by atoms with van der Waals surface area (Å²) in [6.45, 7) is 5.14. The molecule has 2 aromatic carbocycles. The Hall–Kier alpha value is -3.22. The first-order chi connectivity index (χ1) is 14.4. The molecule has 3 rings (SSSR count). The van der Waals surface area contributed by atoms with Crippen molar-refractivity contribution >= 4 is 17.6 Å². The number of oxime groups is 1. The van der Waals surface area contributed by atoms with Gasteiger partial charge in [-0.2, -0.15) is 0 Å². The van der Waals surface area contributed by atoms with Crippen LogP contribution in [0.1, 0.15) is 54.1 Å². The highest BCUT2D eigenvalue weighted by molar-refractivity contribution is 6.08. The molecule has 1 heterocycles. The standard InChI is InChI=1S/C23H26FN3O3/c1-15(2)16-6-8-18(9-7-16)23(29)27-12-10-17(11-13-27)22(28)25-21(26-30)19-4-3-5-20(24)14-19/h3-9,14-15,17,30H,10-13H2,1-2H3,(H,25,26,28). The third-order valence-corrected chi connectivity index (χ3v) is 5.42. The van der Waals surface area contributed by atoms with Crippen LogP contribution in [0.15, 0.2) is 53.7 Å². The van der Waals surface area contributed by atoms with Gasteiger partial charge in [-0.1, -0.05) is 43.3 Å². The molecule has 0 saturated carbocycles. The van der Waals surface area contributed by atoms with Crippen LogP contribution in [0.3, 0.4) is 0 Å². The van der Waals surface area contributed by atoms with Gasteiger partial charge in [-0.05, 0) is 48.6 Å². The predicted molar refractivity (Wildman–Crippen MR) is 112 cm³/mol. The smallest absolute Gasteiger partial charge is 0.253 e. The molecule has 0 atom stereocenters. The SMILES string of the molecule is CC(C)c1ccc(C(=O)N2CCC(C(=O)N/C(=N/O)c3cccc(F)c3)CC2)cc1. The van der Waals surface area contributed by atoms with Gasteiger partial charge in [0.05, 0.1) is 0 Å². The Morgan fingerprint density at radius 2 is 1.77 bits per heavy atom. The number of hydrogen-bond acceptors (Lipinski definition) is 4. The topological polar surface area (TPSA) is 82.0 Å². The summed E-state index contributed by atoms with van der Waals surface area (Å²) >= 11 is 0. The minimum atomic E-state index is -0.490. The van der Waals surface area contributed by atoms with E-state index in [2.05, 4.69) is 24.3 Å². The van der Waals surface area contributed by atoms with Crippen molar-refractivity contribution in [3.8, 4) is 0 Å². The highest BCUT2D eigenvalue weighted by atomic mass is 19.1. The third kappa shape index (κ3) is 5.03. The lowest BCUT2D eigenvalue weighted by Crippen LogP contribution is -2.44. The Morgan fingerprint density at radius 3 is 2.33 bits per heavy atom. The fourth-order valence-corrected chi connectivity index (χ4v) is 3.55. The fourth-order valence-electron chi connectivity index (χ4n) is 3.55. The van der Waals surface area contributed by atoms with Crippen LogP contribution in [0.25, 0.3) is 0 Å². The van der Waals surface area contributed by atoms with E-state index in [1.54, 1.807) is 11.0 Å². The molecule has 2 aromatic rings. The number of carbonyl (C=O) groups is 2. The predicted octanol–water partition coefficient (Wildman–Crippen LogP) is 3.75. The van der Waals surface area contributed by atoms with Crippen molar-refractivity contribution in [1.29, 1.82) is 0 Å². The fraction of sp³-hybridized carbons (Fsp3) is 0.348. The van der Waals surface area contributed by atoms with Crippen molar-refractivity contribution < 1.29 is 19.2 Å². The second-order valence-electron chi connectivity index (χ2n) is 7.79. The van der Waals surface area contributed by atoms with E-state index in [0.717, 1.165) is 0 Å². The third-order valence-electron chi connectivity index (χ3n) is 5.42. The molecule has 0 bridgehead atoms. The first kappa shape index (κ1) is 21.5. The minimum absolute atomic E-state index is 0.0402. The van der Waals surface area contributed by atoms with E-state index in [1.807, 2.05) is 24.3 Å².